The van der Waals surface area contributed by atoms with Gasteiger partial charge in [0.25, 0.3) is 5.92 Å². The fourth-order valence-corrected chi connectivity index (χ4v) is 2.26. The lowest BCUT2D eigenvalue weighted by molar-refractivity contribution is -0.0574. The van der Waals surface area contributed by atoms with Crippen LogP contribution in [-0.4, -0.2) is 18.1 Å². The minimum absolute atomic E-state index is 0.00968. The number of hydrogen-bond acceptors (Lipinski definition) is 3. The van der Waals surface area contributed by atoms with Crippen LogP contribution in [0.3, 0.4) is 0 Å². The van der Waals surface area contributed by atoms with Crippen LogP contribution in [0.15, 0.2) is 29.0 Å². The summed E-state index contributed by atoms with van der Waals surface area (Å²) in [6.45, 7) is 1.02. The maximum Gasteiger partial charge on any atom is 0.277 e. The number of aromatic nitrogens is 1. The molecule has 0 amide bonds. The van der Waals surface area contributed by atoms with E-state index in [9.17, 15) is 8.78 Å². The maximum atomic E-state index is 14.2. The van der Waals surface area contributed by atoms with Crippen LogP contribution >= 0.6 is 0 Å². The van der Waals surface area contributed by atoms with Crippen LogP contribution in [0.5, 0.6) is 0 Å². The van der Waals surface area contributed by atoms with E-state index in [1.54, 1.807) is 6.07 Å². The third-order valence-electron chi connectivity index (χ3n) is 3.29. The normalized spacial score (nSPS) is 21.2. The van der Waals surface area contributed by atoms with Gasteiger partial charge in [0.15, 0.2) is 12.0 Å². The van der Waals surface area contributed by atoms with E-state index in [2.05, 4.69) is 10.3 Å². The molecule has 1 aliphatic rings. The lowest BCUT2D eigenvalue weighted by Crippen LogP contribution is -2.27. The smallest absolute Gasteiger partial charge is 0.277 e. The first-order valence-electron chi connectivity index (χ1n) is 5.60. The molecule has 2 aromatic rings. The van der Waals surface area contributed by atoms with Crippen molar-refractivity contribution in [3.05, 3.63) is 30.2 Å². The van der Waals surface area contributed by atoms with E-state index < -0.39 is 11.8 Å². The van der Waals surface area contributed by atoms with Gasteiger partial charge in [-0.3, -0.25) is 0 Å². The zero-order chi connectivity index (χ0) is 11.9. The van der Waals surface area contributed by atoms with Crippen molar-refractivity contribution in [3.8, 4) is 0 Å². The van der Waals surface area contributed by atoms with Crippen molar-refractivity contribution in [3.63, 3.8) is 0 Å². The van der Waals surface area contributed by atoms with Crippen molar-refractivity contribution < 1.29 is 13.2 Å². The van der Waals surface area contributed by atoms with Gasteiger partial charge in [0.1, 0.15) is 5.52 Å². The highest BCUT2D eigenvalue weighted by Gasteiger charge is 2.42. The minimum Gasteiger partial charge on any atom is -0.443 e. The molecule has 17 heavy (non-hydrogen) atoms. The highest BCUT2D eigenvalue weighted by molar-refractivity contribution is 5.73. The standard InChI is InChI=1S/C12H12F2N2O/c13-12(14,9-3-4-15-6-9)8-1-2-10-11(5-8)17-7-16-10/h1-2,5,7,9,15H,3-4,6H2. The number of nitrogens with one attached hydrogen (secondary N) is 1. The summed E-state index contributed by atoms with van der Waals surface area (Å²) >= 11 is 0. The molecule has 0 radical (unpaired) electrons. The molecule has 1 saturated heterocycles. The topological polar surface area (TPSA) is 38.1 Å². The highest BCUT2D eigenvalue weighted by atomic mass is 19.3. The van der Waals surface area contributed by atoms with E-state index in [0.717, 1.165) is 0 Å². The van der Waals surface area contributed by atoms with Crippen LogP contribution in [-0.2, 0) is 5.92 Å². The lowest BCUT2D eigenvalue weighted by atomic mass is 9.93. The molecule has 1 unspecified atom stereocenters. The summed E-state index contributed by atoms with van der Waals surface area (Å²) in [4.78, 5) is 3.92. The van der Waals surface area contributed by atoms with Crippen molar-refractivity contribution in [2.24, 2.45) is 5.92 Å². The fourth-order valence-electron chi connectivity index (χ4n) is 2.26. The molecular formula is C12H12F2N2O. The third kappa shape index (κ3) is 1.70. The summed E-state index contributed by atoms with van der Waals surface area (Å²) in [6, 6.07) is 4.40. The van der Waals surface area contributed by atoms with E-state index >= 15 is 0 Å². The first-order chi connectivity index (χ1) is 8.18. The summed E-state index contributed by atoms with van der Waals surface area (Å²) in [5, 5.41) is 2.96. The van der Waals surface area contributed by atoms with Gasteiger partial charge in [-0.1, -0.05) is 6.07 Å². The number of nitrogens with zero attached hydrogens (tertiary/aromatic N) is 1. The monoisotopic (exact) mass is 238 g/mol. The van der Waals surface area contributed by atoms with Gasteiger partial charge in [0, 0.05) is 18.0 Å². The van der Waals surface area contributed by atoms with E-state index in [0.29, 0.717) is 30.6 Å². The van der Waals surface area contributed by atoms with Crippen molar-refractivity contribution >= 4 is 11.1 Å². The third-order valence-corrected chi connectivity index (χ3v) is 3.29. The molecule has 1 fully saturated rings. The molecule has 3 rings (SSSR count). The van der Waals surface area contributed by atoms with Crippen LogP contribution in [0.25, 0.3) is 11.1 Å². The Labute approximate surface area is 96.8 Å². The fraction of sp³-hybridized carbons (Fsp3) is 0.417. The number of benzene rings is 1. The van der Waals surface area contributed by atoms with Crippen molar-refractivity contribution in [1.82, 2.24) is 10.3 Å². The molecule has 1 aromatic heterocycles. The Morgan fingerprint density at radius 2 is 2.29 bits per heavy atom. The molecule has 90 valence electrons. The number of alkyl halides is 2. The quantitative estimate of drug-likeness (QED) is 0.873. The highest BCUT2D eigenvalue weighted by Crippen LogP contribution is 2.39. The summed E-state index contributed by atoms with van der Waals surface area (Å²) in [7, 11) is 0. The van der Waals surface area contributed by atoms with E-state index in [1.807, 2.05) is 0 Å². The van der Waals surface area contributed by atoms with Crippen molar-refractivity contribution in [2.45, 2.75) is 12.3 Å². The Kier molecular flexibility index (Phi) is 2.36. The molecule has 0 spiro atoms. The van der Waals surface area contributed by atoms with Gasteiger partial charge >= 0.3 is 0 Å². The zero-order valence-corrected chi connectivity index (χ0v) is 9.12. The van der Waals surface area contributed by atoms with Gasteiger partial charge in [-0.15, -0.1) is 0 Å². The SMILES string of the molecule is FC(F)(c1ccc2ncoc2c1)C1CCNC1. The van der Waals surface area contributed by atoms with Crippen molar-refractivity contribution in [1.29, 1.82) is 0 Å². The second-order valence-corrected chi connectivity index (χ2v) is 4.35. The first-order valence-corrected chi connectivity index (χ1v) is 5.60. The molecule has 1 N–H and O–H groups in total. The Bertz CT molecular complexity index is 532. The molecule has 0 bridgehead atoms. The Morgan fingerprint density at radius 1 is 1.41 bits per heavy atom. The Morgan fingerprint density at radius 3 is 3.06 bits per heavy atom. The van der Waals surface area contributed by atoms with Crippen LogP contribution in [0.1, 0.15) is 12.0 Å². The molecule has 1 aromatic carbocycles. The molecule has 1 aliphatic heterocycles. The summed E-state index contributed by atoms with van der Waals surface area (Å²) < 4.78 is 33.4. The van der Waals surface area contributed by atoms with Gasteiger partial charge in [-0.05, 0) is 25.1 Å². The second-order valence-electron chi connectivity index (χ2n) is 4.35. The van der Waals surface area contributed by atoms with E-state index in [4.69, 9.17) is 4.42 Å². The molecular weight excluding hydrogens is 226 g/mol. The average molecular weight is 238 g/mol. The number of oxazole rings is 1. The average Bonchev–Trinajstić information content (AvgIpc) is 2.99. The number of rotatable bonds is 2. The summed E-state index contributed by atoms with van der Waals surface area (Å²) in [5.74, 6) is -3.45. The van der Waals surface area contributed by atoms with Crippen molar-refractivity contribution in [2.75, 3.05) is 13.1 Å². The lowest BCUT2D eigenvalue weighted by Gasteiger charge is -2.22. The molecule has 1 atom stereocenters. The predicted octanol–water partition coefficient (Wildman–Crippen LogP) is 2.53. The Balaban J connectivity index is 2.00. The van der Waals surface area contributed by atoms with Gasteiger partial charge < -0.3 is 9.73 Å². The molecule has 0 aliphatic carbocycles. The minimum atomic E-state index is -2.82. The van der Waals surface area contributed by atoms with Crippen LogP contribution in [0.2, 0.25) is 0 Å². The van der Waals surface area contributed by atoms with Gasteiger partial charge in [0.2, 0.25) is 0 Å². The first kappa shape index (κ1) is 10.7. The van der Waals surface area contributed by atoms with Crippen LogP contribution < -0.4 is 5.32 Å². The van der Waals surface area contributed by atoms with Crippen LogP contribution in [0.4, 0.5) is 8.78 Å². The van der Waals surface area contributed by atoms with E-state index in [-0.39, 0.29) is 5.56 Å². The largest absolute Gasteiger partial charge is 0.443 e. The predicted molar refractivity (Wildman–Crippen MR) is 58.9 cm³/mol. The number of halogens is 2. The molecule has 0 saturated carbocycles. The molecule has 2 heterocycles. The van der Waals surface area contributed by atoms with E-state index in [1.165, 1.54) is 18.5 Å². The second kappa shape index (κ2) is 3.77. The number of fused-ring (bicyclic) bond motifs is 1. The Hall–Kier alpha value is -1.49. The van der Waals surface area contributed by atoms with Gasteiger partial charge in [0.05, 0.1) is 0 Å². The van der Waals surface area contributed by atoms with Gasteiger partial charge in [-0.2, -0.15) is 0 Å². The molecule has 3 nitrogen and oxygen atoms in total. The zero-order valence-electron chi connectivity index (χ0n) is 9.12. The van der Waals surface area contributed by atoms with Crippen LogP contribution in [0, 0.1) is 5.92 Å². The molecule has 5 heteroatoms. The summed E-state index contributed by atoms with van der Waals surface area (Å²) in [6.07, 6.45) is 1.77. The maximum absolute atomic E-state index is 14.2. The van der Waals surface area contributed by atoms with Gasteiger partial charge in [-0.25, -0.2) is 13.8 Å². The summed E-state index contributed by atoms with van der Waals surface area (Å²) in [5.41, 5.74) is 1.03. The number of hydrogen-bond donors (Lipinski definition) is 1.